The number of hydrogen-bond donors (Lipinski definition) is 1. The minimum atomic E-state index is -0.137. The van der Waals surface area contributed by atoms with Crippen molar-refractivity contribution >= 4 is 21.7 Å². The van der Waals surface area contributed by atoms with Gasteiger partial charge < -0.3 is 9.88 Å². The lowest BCUT2D eigenvalue weighted by Crippen LogP contribution is -2.23. The molecule has 0 atom stereocenters. The Morgan fingerprint density at radius 1 is 1.53 bits per heavy atom. The molecule has 4 nitrogen and oxygen atoms in total. The van der Waals surface area contributed by atoms with Crippen LogP contribution in [0, 0.1) is 0 Å². The Bertz CT molecular complexity index is 364. The second kappa shape index (κ2) is 5.90. The Morgan fingerprint density at radius 2 is 2.27 bits per heavy atom. The van der Waals surface area contributed by atoms with Gasteiger partial charge in [0.15, 0.2) is 0 Å². The second-order valence-corrected chi connectivity index (χ2v) is 4.29. The van der Waals surface area contributed by atoms with E-state index in [1.807, 2.05) is 11.9 Å². The summed E-state index contributed by atoms with van der Waals surface area (Å²) in [4.78, 5) is 20.0. The van der Waals surface area contributed by atoms with Gasteiger partial charge in [-0.3, -0.25) is 4.79 Å². The fraction of sp³-hybridized carbons (Fsp3) is 0.600. The number of H-pyrrole nitrogens is 1. The zero-order valence-corrected chi connectivity index (χ0v) is 10.7. The van der Waals surface area contributed by atoms with E-state index in [1.165, 1.54) is 19.2 Å². The molecule has 0 aromatic carbocycles. The Balaban J connectivity index is 2.69. The van der Waals surface area contributed by atoms with Gasteiger partial charge in [-0.1, -0.05) is 19.8 Å². The fourth-order valence-electron chi connectivity index (χ4n) is 1.34. The van der Waals surface area contributed by atoms with Crippen LogP contribution in [-0.4, -0.2) is 23.6 Å². The van der Waals surface area contributed by atoms with Crippen molar-refractivity contribution in [1.82, 2.24) is 9.97 Å². The van der Waals surface area contributed by atoms with Crippen LogP contribution < -0.4 is 10.5 Å². The van der Waals surface area contributed by atoms with E-state index in [-0.39, 0.29) is 5.56 Å². The minimum Gasteiger partial charge on any atom is -0.359 e. The molecule has 1 N–H and O–H groups in total. The lowest BCUT2D eigenvalue weighted by Gasteiger charge is -2.18. The summed E-state index contributed by atoms with van der Waals surface area (Å²) in [5.74, 6) is 0.704. The standard InChI is InChI=1S/C10H16BrN3O/c1-3-4-5-6-14(2)9-8(11)10(15)13-7-12-9/h7H,3-6H2,1-2H3,(H,12,13,15). The first-order chi connectivity index (χ1) is 7.16. The molecule has 0 radical (unpaired) electrons. The maximum atomic E-state index is 11.3. The fourth-order valence-corrected chi connectivity index (χ4v) is 1.86. The molecular formula is C10H16BrN3O. The molecule has 1 rings (SSSR count). The molecule has 1 heterocycles. The third kappa shape index (κ3) is 3.34. The number of nitrogens with zero attached hydrogens (tertiary/aromatic N) is 2. The predicted molar refractivity (Wildman–Crippen MR) is 65.4 cm³/mol. The van der Waals surface area contributed by atoms with E-state index in [4.69, 9.17) is 0 Å². The summed E-state index contributed by atoms with van der Waals surface area (Å²) < 4.78 is 0.504. The molecule has 0 aliphatic heterocycles. The van der Waals surface area contributed by atoms with Crippen molar-refractivity contribution in [1.29, 1.82) is 0 Å². The number of aromatic nitrogens is 2. The van der Waals surface area contributed by atoms with Crippen molar-refractivity contribution in [3.05, 3.63) is 21.2 Å². The first-order valence-electron chi connectivity index (χ1n) is 5.11. The highest BCUT2D eigenvalue weighted by molar-refractivity contribution is 9.10. The molecule has 0 saturated heterocycles. The lowest BCUT2D eigenvalue weighted by atomic mass is 10.2. The largest absolute Gasteiger partial charge is 0.359 e. The van der Waals surface area contributed by atoms with Crippen molar-refractivity contribution in [2.75, 3.05) is 18.5 Å². The monoisotopic (exact) mass is 273 g/mol. The van der Waals surface area contributed by atoms with Crippen LogP contribution in [0.15, 0.2) is 15.6 Å². The van der Waals surface area contributed by atoms with Crippen molar-refractivity contribution in [3.8, 4) is 0 Å². The van der Waals surface area contributed by atoms with Crippen LogP contribution >= 0.6 is 15.9 Å². The van der Waals surface area contributed by atoms with Gasteiger partial charge in [-0.15, -0.1) is 0 Å². The van der Waals surface area contributed by atoms with Gasteiger partial charge in [-0.25, -0.2) is 4.98 Å². The Labute approximate surface area is 97.8 Å². The quantitative estimate of drug-likeness (QED) is 0.837. The van der Waals surface area contributed by atoms with Crippen LogP contribution in [0.2, 0.25) is 0 Å². The highest BCUT2D eigenvalue weighted by atomic mass is 79.9. The molecule has 0 fully saturated rings. The van der Waals surface area contributed by atoms with Crippen molar-refractivity contribution in [2.45, 2.75) is 26.2 Å². The second-order valence-electron chi connectivity index (χ2n) is 3.50. The van der Waals surface area contributed by atoms with E-state index in [2.05, 4.69) is 32.8 Å². The summed E-state index contributed by atoms with van der Waals surface area (Å²) in [6.07, 6.45) is 4.94. The molecule has 0 aliphatic carbocycles. The van der Waals surface area contributed by atoms with Crippen molar-refractivity contribution < 1.29 is 0 Å². The van der Waals surface area contributed by atoms with E-state index in [1.54, 1.807) is 0 Å². The first kappa shape index (κ1) is 12.2. The number of hydrogen-bond acceptors (Lipinski definition) is 3. The summed E-state index contributed by atoms with van der Waals surface area (Å²) in [6, 6.07) is 0. The van der Waals surface area contributed by atoms with Crippen LogP contribution in [0.5, 0.6) is 0 Å². The van der Waals surface area contributed by atoms with E-state index >= 15 is 0 Å². The number of rotatable bonds is 5. The van der Waals surface area contributed by atoms with E-state index in [0.29, 0.717) is 10.3 Å². The normalized spacial score (nSPS) is 10.3. The van der Waals surface area contributed by atoms with Crippen LogP contribution in [-0.2, 0) is 0 Å². The van der Waals surface area contributed by atoms with Crippen LogP contribution in [0.1, 0.15) is 26.2 Å². The molecule has 5 heteroatoms. The molecule has 15 heavy (non-hydrogen) atoms. The third-order valence-corrected chi connectivity index (χ3v) is 2.95. The maximum absolute atomic E-state index is 11.3. The SMILES string of the molecule is CCCCCN(C)c1nc[nH]c(=O)c1Br. The summed E-state index contributed by atoms with van der Waals surface area (Å²) in [5.41, 5.74) is -0.137. The predicted octanol–water partition coefficient (Wildman–Crippen LogP) is 2.16. The molecular weight excluding hydrogens is 258 g/mol. The topological polar surface area (TPSA) is 49.0 Å². The molecule has 0 aliphatic rings. The highest BCUT2D eigenvalue weighted by Crippen LogP contribution is 2.17. The summed E-state index contributed by atoms with van der Waals surface area (Å²) in [6.45, 7) is 3.09. The number of unbranched alkanes of at least 4 members (excludes halogenated alkanes) is 2. The first-order valence-corrected chi connectivity index (χ1v) is 5.90. The number of halogens is 1. The number of aromatic amines is 1. The molecule has 84 valence electrons. The van der Waals surface area contributed by atoms with Crippen LogP contribution in [0.25, 0.3) is 0 Å². The van der Waals surface area contributed by atoms with Gasteiger partial charge in [0.1, 0.15) is 10.3 Å². The molecule has 0 spiro atoms. The van der Waals surface area contributed by atoms with Gasteiger partial charge >= 0.3 is 0 Å². The Morgan fingerprint density at radius 3 is 2.93 bits per heavy atom. The van der Waals surface area contributed by atoms with Gasteiger partial charge in [0.2, 0.25) is 0 Å². The Kier molecular flexibility index (Phi) is 4.81. The zero-order valence-electron chi connectivity index (χ0n) is 9.09. The average Bonchev–Trinajstić information content (AvgIpc) is 2.22. The smallest absolute Gasteiger partial charge is 0.267 e. The minimum absolute atomic E-state index is 0.137. The molecule has 0 amide bonds. The van der Waals surface area contributed by atoms with Crippen molar-refractivity contribution in [3.63, 3.8) is 0 Å². The van der Waals surface area contributed by atoms with Gasteiger partial charge in [0.05, 0.1) is 6.33 Å². The van der Waals surface area contributed by atoms with Gasteiger partial charge in [-0.2, -0.15) is 0 Å². The van der Waals surface area contributed by atoms with Gasteiger partial charge in [-0.05, 0) is 22.4 Å². The lowest BCUT2D eigenvalue weighted by molar-refractivity contribution is 0.699. The van der Waals surface area contributed by atoms with Gasteiger partial charge in [0.25, 0.3) is 5.56 Å². The number of nitrogens with one attached hydrogen (secondary N) is 1. The molecule has 0 unspecified atom stereocenters. The average molecular weight is 274 g/mol. The molecule has 1 aromatic rings. The van der Waals surface area contributed by atoms with Crippen LogP contribution in [0.4, 0.5) is 5.82 Å². The maximum Gasteiger partial charge on any atom is 0.267 e. The van der Waals surface area contributed by atoms with Gasteiger partial charge in [0, 0.05) is 13.6 Å². The zero-order chi connectivity index (χ0) is 11.3. The summed E-state index contributed by atoms with van der Waals surface area (Å²) in [7, 11) is 1.95. The Hall–Kier alpha value is -0.840. The molecule has 0 saturated carbocycles. The van der Waals surface area contributed by atoms with E-state index in [9.17, 15) is 4.79 Å². The highest BCUT2D eigenvalue weighted by Gasteiger charge is 2.09. The van der Waals surface area contributed by atoms with E-state index in [0.717, 1.165) is 13.0 Å². The van der Waals surface area contributed by atoms with Crippen LogP contribution in [0.3, 0.4) is 0 Å². The summed E-state index contributed by atoms with van der Waals surface area (Å²) >= 11 is 3.24. The summed E-state index contributed by atoms with van der Waals surface area (Å²) in [5, 5.41) is 0. The molecule has 1 aromatic heterocycles. The molecule has 0 bridgehead atoms. The van der Waals surface area contributed by atoms with E-state index < -0.39 is 0 Å². The number of anilines is 1. The third-order valence-electron chi connectivity index (χ3n) is 2.24. The van der Waals surface area contributed by atoms with Crippen molar-refractivity contribution in [2.24, 2.45) is 0 Å².